The molecule has 1 aromatic heterocycles. The summed E-state index contributed by atoms with van der Waals surface area (Å²) in [6.07, 6.45) is 1.09. The van der Waals surface area contributed by atoms with E-state index in [9.17, 15) is 20.2 Å². The maximum absolute atomic E-state index is 10.8. The van der Waals surface area contributed by atoms with Gasteiger partial charge in [0.25, 0.3) is 5.69 Å². The molecule has 8 heteroatoms. The second kappa shape index (κ2) is 4.24. The molecule has 0 amide bonds. The van der Waals surface area contributed by atoms with Gasteiger partial charge in [0, 0.05) is 23.6 Å². The lowest BCUT2D eigenvalue weighted by Gasteiger charge is -2.03. The van der Waals surface area contributed by atoms with Crippen LogP contribution in [0.4, 0.5) is 11.4 Å². The topological polar surface area (TPSA) is 108 Å². The molecule has 0 saturated carbocycles. The van der Waals surface area contributed by atoms with Crippen LogP contribution in [-0.4, -0.2) is 21.9 Å². The molecule has 0 fully saturated rings. The highest BCUT2D eigenvalue weighted by Gasteiger charge is 2.18. The highest BCUT2D eigenvalue weighted by molar-refractivity contribution is 5.85. The van der Waals surface area contributed by atoms with E-state index in [2.05, 4.69) is 4.98 Å². The summed E-state index contributed by atoms with van der Waals surface area (Å²) in [5.74, 6) is 0.0638. The van der Waals surface area contributed by atoms with Crippen LogP contribution in [0.1, 0.15) is 0 Å². The Bertz CT molecular complexity index is 655. The Morgan fingerprint density at radius 1 is 1.17 bits per heavy atom. The maximum Gasteiger partial charge on any atom is 0.311 e. The minimum atomic E-state index is -0.614. The molecule has 1 heterocycles. The monoisotopic (exact) mass is 249 g/mol. The van der Waals surface area contributed by atoms with Crippen LogP contribution in [0.25, 0.3) is 10.9 Å². The maximum atomic E-state index is 10.8. The number of fused-ring (bicyclic) bond motifs is 1. The first-order valence-electron chi connectivity index (χ1n) is 4.79. The first kappa shape index (κ1) is 11.7. The summed E-state index contributed by atoms with van der Waals surface area (Å²) in [7, 11) is 1.31. The van der Waals surface area contributed by atoms with Gasteiger partial charge in [-0.3, -0.25) is 20.2 Å². The van der Waals surface area contributed by atoms with Crippen LogP contribution in [0.5, 0.6) is 5.75 Å². The highest BCUT2D eigenvalue weighted by atomic mass is 16.6. The second-order valence-corrected chi connectivity index (χ2v) is 3.42. The normalized spacial score (nSPS) is 10.3. The number of benzene rings is 1. The predicted octanol–water partition coefficient (Wildman–Crippen LogP) is 2.06. The van der Waals surface area contributed by atoms with E-state index in [-0.39, 0.29) is 17.1 Å². The summed E-state index contributed by atoms with van der Waals surface area (Å²) < 4.78 is 4.88. The van der Waals surface area contributed by atoms with E-state index in [0.717, 1.165) is 6.20 Å². The van der Waals surface area contributed by atoms with Crippen molar-refractivity contribution in [3.05, 3.63) is 44.6 Å². The van der Waals surface area contributed by atoms with Crippen LogP contribution in [-0.2, 0) is 0 Å². The molecule has 92 valence electrons. The summed E-state index contributed by atoms with van der Waals surface area (Å²) in [6.45, 7) is 0. The number of pyridine rings is 1. The summed E-state index contributed by atoms with van der Waals surface area (Å²) in [5, 5.41) is 21.7. The van der Waals surface area contributed by atoms with Gasteiger partial charge >= 0.3 is 5.69 Å². The molecule has 0 aliphatic rings. The Kier molecular flexibility index (Phi) is 2.76. The van der Waals surface area contributed by atoms with Gasteiger partial charge < -0.3 is 4.74 Å². The van der Waals surface area contributed by atoms with Crippen molar-refractivity contribution in [1.29, 1.82) is 0 Å². The fourth-order valence-electron chi connectivity index (χ4n) is 1.54. The fraction of sp³-hybridized carbons (Fsp3) is 0.100. The van der Waals surface area contributed by atoms with Gasteiger partial charge in [-0.2, -0.15) is 0 Å². The number of aromatic nitrogens is 1. The third-order valence-corrected chi connectivity index (χ3v) is 2.37. The molecular formula is C10H7N3O5. The van der Waals surface area contributed by atoms with Crippen molar-refractivity contribution < 1.29 is 14.6 Å². The molecular weight excluding hydrogens is 242 g/mol. The first-order chi connectivity index (χ1) is 8.52. The molecule has 0 radical (unpaired) electrons. The molecule has 0 bridgehead atoms. The largest absolute Gasteiger partial charge is 0.490 e. The van der Waals surface area contributed by atoms with Gasteiger partial charge in [0.2, 0.25) is 0 Å². The molecule has 8 nitrogen and oxygen atoms in total. The van der Waals surface area contributed by atoms with Crippen LogP contribution in [0.3, 0.4) is 0 Å². The molecule has 0 aliphatic carbocycles. The SMILES string of the molecule is COc1cc2ncc([N+](=O)[O-])cc2cc1[N+](=O)[O-]. The minimum absolute atomic E-state index is 0.0638. The molecule has 0 N–H and O–H groups in total. The van der Waals surface area contributed by atoms with Crippen LogP contribution >= 0.6 is 0 Å². The quantitative estimate of drug-likeness (QED) is 0.608. The number of hydrogen-bond acceptors (Lipinski definition) is 6. The molecule has 0 spiro atoms. The molecule has 1 aromatic carbocycles. The lowest BCUT2D eigenvalue weighted by atomic mass is 10.2. The van der Waals surface area contributed by atoms with Crippen LogP contribution in [0, 0.1) is 20.2 Å². The second-order valence-electron chi connectivity index (χ2n) is 3.42. The highest BCUT2D eigenvalue weighted by Crippen LogP contribution is 2.32. The summed E-state index contributed by atoms with van der Waals surface area (Å²) in [5.41, 5.74) is -0.0858. The van der Waals surface area contributed by atoms with Gasteiger partial charge in [-0.15, -0.1) is 0 Å². The molecule has 0 aliphatic heterocycles. The summed E-state index contributed by atoms with van der Waals surface area (Å²) in [6, 6.07) is 3.81. The number of nitro groups is 2. The van der Waals surface area contributed by atoms with Crippen molar-refractivity contribution in [3.8, 4) is 5.75 Å². The van der Waals surface area contributed by atoms with E-state index >= 15 is 0 Å². The third kappa shape index (κ3) is 1.90. The standard InChI is InChI=1S/C10H7N3O5/c1-18-10-4-8-6(3-9(10)13(16)17)2-7(5-11-8)12(14)15/h2-5H,1H3. The molecule has 0 atom stereocenters. The van der Waals surface area contributed by atoms with Crippen molar-refractivity contribution in [2.45, 2.75) is 0 Å². The lowest BCUT2D eigenvalue weighted by Crippen LogP contribution is -1.95. The average molecular weight is 249 g/mol. The van der Waals surface area contributed by atoms with Crippen molar-refractivity contribution in [2.24, 2.45) is 0 Å². The number of hydrogen-bond donors (Lipinski definition) is 0. The van der Waals surface area contributed by atoms with E-state index in [0.29, 0.717) is 10.9 Å². The Hall–Kier alpha value is -2.77. The number of nitro benzene ring substituents is 1. The lowest BCUT2D eigenvalue weighted by molar-refractivity contribution is -0.385. The van der Waals surface area contributed by atoms with Gasteiger partial charge in [-0.1, -0.05) is 0 Å². The Morgan fingerprint density at radius 2 is 1.89 bits per heavy atom. The number of methoxy groups -OCH3 is 1. The van der Waals surface area contributed by atoms with Crippen LogP contribution < -0.4 is 4.74 Å². The number of rotatable bonds is 3. The molecule has 2 rings (SSSR count). The van der Waals surface area contributed by atoms with Gasteiger partial charge in [0.05, 0.1) is 22.5 Å². The van der Waals surface area contributed by atoms with E-state index in [1.165, 1.54) is 25.3 Å². The van der Waals surface area contributed by atoms with Gasteiger partial charge in [0.15, 0.2) is 5.75 Å². The zero-order chi connectivity index (χ0) is 13.3. The molecule has 2 aromatic rings. The van der Waals surface area contributed by atoms with E-state index < -0.39 is 9.85 Å². The smallest absolute Gasteiger partial charge is 0.311 e. The van der Waals surface area contributed by atoms with Gasteiger partial charge in [-0.25, -0.2) is 4.98 Å². The van der Waals surface area contributed by atoms with Crippen molar-refractivity contribution in [2.75, 3.05) is 7.11 Å². The zero-order valence-electron chi connectivity index (χ0n) is 9.19. The zero-order valence-corrected chi connectivity index (χ0v) is 9.19. The number of nitrogens with zero attached hydrogens (tertiary/aromatic N) is 3. The third-order valence-electron chi connectivity index (χ3n) is 2.37. The van der Waals surface area contributed by atoms with Crippen molar-refractivity contribution in [1.82, 2.24) is 4.98 Å². The van der Waals surface area contributed by atoms with Crippen molar-refractivity contribution >= 4 is 22.3 Å². The van der Waals surface area contributed by atoms with E-state index in [1.807, 2.05) is 0 Å². The Morgan fingerprint density at radius 3 is 2.44 bits per heavy atom. The molecule has 0 unspecified atom stereocenters. The Labute approximate surface area is 100 Å². The minimum Gasteiger partial charge on any atom is -0.490 e. The van der Waals surface area contributed by atoms with E-state index in [4.69, 9.17) is 4.74 Å². The van der Waals surface area contributed by atoms with Gasteiger partial charge in [0.1, 0.15) is 6.20 Å². The Balaban J connectivity index is 2.72. The molecule has 0 saturated heterocycles. The summed E-state index contributed by atoms with van der Waals surface area (Å²) in [4.78, 5) is 24.1. The van der Waals surface area contributed by atoms with Crippen LogP contribution in [0.15, 0.2) is 24.4 Å². The predicted molar refractivity (Wildman–Crippen MR) is 61.6 cm³/mol. The summed E-state index contributed by atoms with van der Waals surface area (Å²) >= 11 is 0. The molecule has 18 heavy (non-hydrogen) atoms. The van der Waals surface area contributed by atoms with Gasteiger partial charge in [-0.05, 0) is 0 Å². The van der Waals surface area contributed by atoms with E-state index in [1.54, 1.807) is 0 Å². The fourth-order valence-corrected chi connectivity index (χ4v) is 1.54. The number of ether oxygens (including phenoxy) is 1. The first-order valence-corrected chi connectivity index (χ1v) is 4.79. The van der Waals surface area contributed by atoms with Crippen molar-refractivity contribution in [3.63, 3.8) is 0 Å². The average Bonchev–Trinajstić information content (AvgIpc) is 2.36. The van der Waals surface area contributed by atoms with Crippen LogP contribution in [0.2, 0.25) is 0 Å².